The third-order valence-electron chi connectivity index (χ3n) is 2.51. The van der Waals surface area contributed by atoms with Gasteiger partial charge in [0.1, 0.15) is 0 Å². The van der Waals surface area contributed by atoms with E-state index in [-0.39, 0.29) is 12.4 Å². The van der Waals surface area contributed by atoms with E-state index in [1.165, 1.54) is 12.8 Å². The van der Waals surface area contributed by atoms with Crippen molar-refractivity contribution in [2.75, 3.05) is 0 Å². The molecule has 0 aliphatic heterocycles. The molecule has 2 aliphatic rings. The van der Waals surface area contributed by atoms with Gasteiger partial charge >= 0.3 is 82.1 Å². The van der Waals surface area contributed by atoms with Crippen molar-refractivity contribution in [2.24, 2.45) is 0 Å². The number of hydrogen-bond donors (Lipinski definition) is 0. The second-order valence-electron chi connectivity index (χ2n) is 3.27. The maximum atomic E-state index is 2.52. The molecule has 0 saturated carbocycles. The second kappa shape index (κ2) is 5.11. The van der Waals surface area contributed by atoms with Gasteiger partial charge in [0.2, 0.25) is 0 Å². The second-order valence-corrected chi connectivity index (χ2v) is 12.4. The van der Waals surface area contributed by atoms with Crippen LogP contribution in [-0.2, 0) is 21.4 Å². The van der Waals surface area contributed by atoms with Crippen LogP contribution in [0.4, 0.5) is 0 Å². The minimum atomic E-state index is -1.43. The zero-order valence-corrected chi connectivity index (χ0v) is 12.2. The molecule has 2 rings (SSSR count). The summed E-state index contributed by atoms with van der Waals surface area (Å²) in [6, 6.07) is 0. The van der Waals surface area contributed by atoms with Crippen LogP contribution in [0.25, 0.3) is 0 Å². The van der Waals surface area contributed by atoms with Gasteiger partial charge in [-0.2, -0.15) is 0 Å². The number of allylic oxidation sites excluding steroid dienone is 8. The summed E-state index contributed by atoms with van der Waals surface area (Å²) in [5.74, 6) is 0. The number of halogens is 1. The summed E-state index contributed by atoms with van der Waals surface area (Å²) in [5.41, 5.74) is 0. The van der Waals surface area contributed by atoms with Crippen molar-refractivity contribution in [1.29, 1.82) is 0 Å². The first kappa shape index (κ1) is 11.2. The van der Waals surface area contributed by atoms with E-state index in [9.17, 15) is 0 Å². The van der Waals surface area contributed by atoms with Gasteiger partial charge in [0.05, 0.1) is 0 Å². The van der Waals surface area contributed by atoms with E-state index in [2.05, 4.69) is 41.1 Å². The van der Waals surface area contributed by atoms with Crippen LogP contribution in [-0.4, -0.2) is 0 Å². The van der Waals surface area contributed by atoms with Crippen LogP contribution in [0.2, 0.25) is 4.68 Å². The van der Waals surface area contributed by atoms with Gasteiger partial charge in [0.25, 0.3) is 0 Å². The van der Waals surface area contributed by atoms with E-state index in [1.54, 1.807) is 6.66 Å². The molecule has 69 valence electrons. The molecule has 0 atom stereocenters. The molecule has 0 bridgehead atoms. The Hall–Kier alpha value is 0.120. The van der Waals surface area contributed by atoms with Gasteiger partial charge in [-0.05, 0) is 0 Å². The predicted octanol–water partition coefficient (Wildman–Crippen LogP) is 3.76. The quantitative estimate of drug-likeness (QED) is 0.658. The Morgan fingerprint density at radius 1 is 1.00 bits per heavy atom. The Morgan fingerprint density at radius 3 is 1.77 bits per heavy atom. The van der Waals surface area contributed by atoms with E-state index in [1.807, 2.05) is 0 Å². The first-order valence-electron chi connectivity index (χ1n) is 4.43. The molecular formula is C11H14ClHf. The zero-order chi connectivity index (χ0) is 8.39. The molecule has 0 fully saturated rings. The molecular weight excluding hydrogens is 346 g/mol. The average Bonchev–Trinajstić information content (AvgIpc) is 2.77. The molecule has 0 nitrogen and oxygen atoms in total. The predicted molar refractivity (Wildman–Crippen MR) is 56.8 cm³/mol. The first-order chi connectivity index (χ1) is 5.88. The van der Waals surface area contributed by atoms with Crippen LogP contribution in [0.15, 0.2) is 43.1 Å². The van der Waals surface area contributed by atoms with E-state index < -0.39 is 21.4 Å². The SMILES string of the molecule is Cl.[CH3][Hf]([C]1=CC=CC1)[C]1=CC=CC1. The number of rotatable bonds is 2. The Kier molecular flexibility index (Phi) is 4.40. The molecule has 2 aliphatic carbocycles. The Bertz CT molecular complexity index is 267. The molecule has 0 saturated heterocycles. The van der Waals surface area contributed by atoms with Crippen LogP contribution in [0.1, 0.15) is 12.8 Å². The normalized spacial score (nSPS) is 18.2. The first-order valence-corrected chi connectivity index (χ1v) is 11.6. The van der Waals surface area contributed by atoms with Crippen molar-refractivity contribution in [3.63, 3.8) is 0 Å². The fourth-order valence-corrected chi connectivity index (χ4v) is 8.67. The summed E-state index contributed by atoms with van der Waals surface area (Å²) in [6.07, 6.45) is 16.2. The molecule has 0 spiro atoms. The minimum absolute atomic E-state index is 0. The third-order valence-corrected chi connectivity index (χ3v) is 12.1. The molecule has 0 amide bonds. The van der Waals surface area contributed by atoms with Gasteiger partial charge in [0, 0.05) is 0 Å². The maximum absolute atomic E-state index is 2.52. The molecule has 0 aromatic rings. The van der Waals surface area contributed by atoms with Gasteiger partial charge in [0.15, 0.2) is 0 Å². The van der Waals surface area contributed by atoms with E-state index in [0.29, 0.717) is 0 Å². The monoisotopic (exact) mass is 361 g/mol. The van der Waals surface area contributed by atoms with Crippen LogP contribution >= 0.6 is 12.4 Å². The molecule has 13 heavy (non-hydrogen) atoms. The van der Waals surface area contributed by atoms with E-state index in [0.717, 1.165) is 0 Å². The van der Waals surface area contributed by atoms with Gasteiger partial charge in [-0.3, -0.25) is 0 Å². The molecule has 0 N–H and O–H groups in total. The van der Waals surface area contributed by atoms with Gasteiger partial charge < -0.3 is 0 Å². The standard InChI is InChI=1S/2C5H5.CH3.ClH.Hf/c2*1-2-4-5-3-1;;;/h2*1-3H,4H2;1H3;1H;. The summed E-state index contributed by atoms with van der Waals surface area (Å²) in [6.45, 7) is 0. The molecule has 0 unspecified atom stereocenters. The van der Waals surface area contributed by atoms with Crippen molar-refractivity contribution in [2.45, 2.75) is 17.5 Å². The van der Waals surface area contributed by atoms with E-state index in [4.69, 9.17) is 0 Å². The molecule has 0 heterocycles. The summed E-state index contributed by atoms with van der Waals surface area (Å²) >= 11 is -1.43. The van der Waals surface area contributed by atoms with Crippen LogP contribution in [0, 0.1) is 0 Å². The fraction of sp³-hybridized carbons (Fsp3) is 0.273. The molecule has 0 radical (unpaired) electrons. The molecule has 2 heteroatoms. The van der Waals surface area contributed by atoms with E-state index >= 15 is 0 Å². The zero-order valence-electron chi connectivity index (χ0n) is 7.79. The van der Waals surface area contributed by atoms with Crippen molar-refractivity contribution < 1.29 is 21.4 Å². The summed E-state index contributed by atoms with van der Waals surface area (Å²) < 4.78 is 6.06. The topological polar surface area (TPSA) is 0 Å². The van der Waals surface area contributed by atoms with Crippen LogP contribution in [0.3, 0.4) is 0 Å². The Labute approximate surface area is 94.0 Å². The van der Waals surface area contributed by atoms with Gasteiger partial charge in [-0.1, -0.05) is 0 Å². The molecule has 0 aromatic heterocycles. The average molecular weight is 360 g/mol. The van der Waals surface area contributed by atoms with Crippen molar-refractivity contribution in [3.8, 4) is 0 Å². The summed E-state index contributed by atoms with van der Waals surface area (Å²) in [4.78, 5) is 0. The van der Waals surface area contributed by atoms with Gasteiger partial charge in [-0.25, -0.2) is 0 Å². The van der Waals surface area contributed by atoms with Crippen LogP contribution in [0.5, 0.6) is 0 Å². The summed E-state index contributed by atoms with van der Waals surface area (Å²) in [7, 11) is 0. The Morgan fingerprint density at radius 2 is 1.46 bits per heavy atom. The van der Waals surface area contributed by atoms with Gasteiger partial charge in [-0.15, -0.1) is 12.4 Å². The van der Waals surface area contributed by atoms with Crippen LogP contribution < -0.4 is 0 Å². The summed E-state index contributed by atoms with van der Waals surface area (Å²) in [5, 5.41) is 0. The molecule has 0 aromatic carbocycles. The number of hydrogen-bond acceptors (Lipinski definition) is 0. The third kappa shape index (κ3) is 2.54. The van der Waals surface area contributed by atoms with Crippen molar-refractivity contribution in [3.05, 3.63) is 43.1 Å². The van der Waals surface area contributed by atoms with Crippen molar-refractivity contribution in [1.82, 2.24) is 0 Å². The van der Waals surface area contributed by atoms with Crippen molar-refractivity contribution >= 4 is 12.4 Å². The Balaban J connectivity index is 0.000000845. The fourth-order valence-electron chi connectivity index (χ4n) is 1.66.